The van der Waals surface area contributed by atoms with Crippen molar-refractivity contribution in [2.75, 3.05) is 6.54 Å². The van der Waals surface area contributed by atoms with Crippen LogP contribution in [0.5, 0.6) is 5.75 Å². The van der Waals surface area contributed by atoms with Crippen molar-refractivity contribution in [2.45, 2.75) is 39.8 Å². The lowest BCUT2D eigenvalue weighted by atomic mass is 10.1. The Hall–Kier alpha value is -1.88. The molecule has 0 bridgehead atoms. The summed E-state index contributed by atoms with van der Waals surface area (Å²) in [7, 11) is 0. The molecule has 1 heterocycles. The maximum Gasteiger partial charge on any atom is 0.164 e. The SMILES string of the molecule is CCCn1ncnc1COc1c(C)cccc1CCN. The fraction of sp³-hybridized carbons (Fsp3) is 0.467. The van der Waals surface area contributed by atoms with Crippen LogP contribution in [0.1, 0.15) is 30.3 Å². The first kappa shape index (κ1) is 14.5. The molecule has 0 unspecified atom stereocenters. The Balaban J connectivity index is 2.12. The Labute approximate surface area is 119 Å². The highest BCUT2D eigenvalue weighted by atomic mass is 16.5. The lowest BCUT2D eigenvalue weighted by molar-refractivity contribution is 0.281. The molecule has 2 aromatic rings. The summed E-state index contributed by atoms with van der Waals surface area (Å²) in [5.41, 5.74) is 7.92. The van der Waals surface area contributed by atoms with Crippen LogP contribution in [0.25, 0.3) is 0 Å². The Morgan fingerprint density at radius 3 is 2.95 bits per heavy atom. The van der Waals surface area contributed by atoms with Crippen LogP contribution in [-0.2, 0) is 19.6 Å². The van der Waals surface area contributed by atoms with Crippen molar-refractivity contribution in [3.63, 3.8) is 0 Å². The van der Waals surface area contributed by atoms with Crippen molar-refractivity contribution < 1.29 is 4.74 Å². The third kappa shape index (κ3) is 3.36. The first-order valence-corrected chi connectivity index (χ1v) is 7.04. The van der Waals surface area contributed by atoms with Crippen LogP contribution in [0.2, 0.25) is 0 Å². The van der Waals surface area contributed by atoms with Gasteiger partial charge in [-0.3, -0.25) is 0 Å². The lowest BCUT2D eigenvalue weighted by Gasteiger charge is -2.13. The van der Waals surface area contributed by atoms with E-state index in [0.29, 0.717) is 13.2 Å². The summed E-state index contributed by atoms with van der Waals surface area (Å²) in [6, 6.07) is 6.14. The van der Waals surface area contributed by atoms with E-state index >= 15 is 0 Å². The normalized spacial score (nSPS) is 10.8. The zero-order valence-corrected chi connectivity index (χ0v) is 12.2. The van der Waals surface area contributed by atoms with Crippen LogP contribution >= 0.6 is 0 Å². The predicted molar refractivity (Wildman–Crippen MR) is 78.6 cm³/mol. The number of aryl methyl sites for hydroxylation is 2. The van der Waals surface area contributed by atoms with E-state index in [-0.39, 0.29) is 0 Å². The van der Waals surface area contributed by atoms with Gasteiger partial charge >= 0.3 is 0 Å². The minimum Gasteiger partial charge on any atom is -0.485 e. The number of hydrogen-bond donors (Lipinski definition) is 1. The van der Waals surface area contributed by atoms with Crippen LogP contribution in [-0.4, -0.2) is 21.3 Å². The second kappa shape index (κ2) is 7.05. The van der Waals surface area contributed by atoms with E-state index in [1.807, 2.05) is 23.7 Å². The van der Waals surface area contributed by atoms with Gasteiger partial charge in [0.15, 0.2) is 5.82 Å². The van der Waals surface area contributed by atoms with E-state index in [1.165, 1.54) is 0 Å². The third-order valence-electron chi connectivity index (χ3n) is 3.18. The highest BCUT2D eigenvalue weighted by molar-refractivity contribution is 5.41. The molecule has 0 saturated carbocycles. The van der Waals surface area contributed by atoms with Crippen molar-refractivity contribution in [1.29, 1.82) is 0 Å². The van der Waals surface area contributed by atoms with Crippen LogP contribution in [0.15, 0.2) is 24.5 Å². The Bertz CT molecular complexity index is 551. The second-order valence-corrected chi connectivity index (χ2v) is 4.79. The summed E-state index contributed by atoms with van der Waals surface area (Å²) in [5, 5.41) is 4.20. The fourth-order valence-corrected chi connectivity index (χ4v) is 2.21. The van der Waals surface area contributed by atoms with E-state index in [2.05, 4.69) is 23.1 Å². The van der Waals surface area contributed by atoms with Gasteiger partial charge in [-0.25, -0.2) is 9.67 Å². The number of nitrogens with zero attached hydrogens (tertiary/aromatic N) is 3. The van der Waals surface area contributed by atoms with Crippen molar-refractivity contribution in [3.05, 3.63) is 41.5 Å². The Morgan fingerprint density at radius 1 is 1.35 bits per heavy atom. The van der Waals surface area contributed by atoms with Crippen LogP contribution in [0.4, 0.5) is 0 Å². The summed E-state index contributed by atoms with van der Waals surface area (Å²) < 4.78 is 7.86. The van der Waals surface area contributed by atoms with Crippen molar-refractivity contribution in [2.24, 2.45) is 5.73 Å². The molecule has 0 atom stereocenters. The molecular formula is C15H22N4O. The smallest absolute Gasteiger partial charge is 0.164 e. The Morgan fingerprint density at radius 2 is 2.20 bits per heavy atom. The zero-order valence-electron chi connectivity index (χ0n) is 12.2. The molecule has 5 nitrogen and oxygen atoms in total. The molecule has 1 aromatic heterocycles. The summed E-state index contributed by atoms with van der Waals surface area (Å²) in [4.78, 5) is 4.26. The first-order chi connectivity index (χ1) is 9.76. The van der Waals surface area contributed by atoms with Crippen LogP contribution < -0.4 is 10.5 Å². The van der Waals surface area contributed by atoms with Crippen molar-refractivity contribution >= 4 is 0 Å². The van der Waals surface area contributed by atoms with E-state index in [4.69, 9.17) is 10.5 Å². The van der Waals surface area contributed by atoms with Gasteiger partial charge in [-0.15, -0.1) is 0 Å². The minimum absolute atomic E-state index is 0.433. The van der Waals surface area contributed by atoms with Crippen molar-refractivity contribution in [3.8, 4) is 5.75 Å². The minimum atomic E-state index is 0.433. The molecule has 2 N–H and O–H groups in total. The topological polar surface area (TPSA) is 66.0 Å². The molecule has 20 heavy (non-hydrogen) atoms. The lowest BCUT2D eigenvalue weighted by Crippen LogP contribution is -2.10. The molecule has 0 aliphatic rings. The molecule has 0 aliphatic carbocycles. The molecule has 0 amide bonds. The quantitative estimate of drug-likeness (QED) is 0.839. The fourth-order valence-electron chi connectivity index (χ4n) is 2.21. The van der Waals surface area contributed by atoms with Crippen molar-refractivity contribution in [1.82, 2.24) is 14.8 Å². The average Bonchev–Trinajstić information content (AvgIpc) is 2.86. The molecule has 5 heteroatoms. The number of ether oxygens (including phenoxy) is 1. The predicted octanol–water partition coefficient (Wildman–Crippen LogP) is 2.08. The molecule has 0 spiro atoms. The van der Waals surface area contributed by atoms with E-state index in [9.17, 15) is 0 Å². The molecule has 2 rings (SSSR count). The summed E-state index contributed by atoms with van der Waals surface area (Å²) >= 11 is 0. The first-order valence-electron chi connectivity index (χ1n) is 7.04. The summed E-state index contributed by atoms with van der Waals surface area (Å²) in [6.45, 7) is 6.08. The molecule has 1 aromatic carbocycles. The number of aromatic nitrogens is 3. The van der Waals surface area contributed by atoms with Gasteiger partial charge in [-0.1, -0.05) is 25.1 Å². The molecule has 0 aliphatic heterocycles. The Kier molecular flexibility index (Phi) is 5.12. The second-order valence-electron chi connectivity index (χ2n) is 4.79. The zero-order chi connectivity index (χ0) is 14.4. The standard InChI is InChI=1S/C15H22N4O/c1-3-9-19-14(17-11-18-19)10-20-15-12(2)5-4-6-13(15)7-8-16/h4-6,11H,3,7-10,16H2,1-2H3. The molecule has 108 valence electrons. The third-order valence-corrected chi connectivity index (χ3v) is 3.18. The number of rotatable bonds is 7. The van der Waals surface area contributed by atoms with Crippen LogP contribution in [0, 0.1) is 6.92 Å². The highest BCUT2D eigenvalue weighted by Crippen LogP contribution is 2.24. The highest BCUT2D eigenvalue weighted by Gasteiger charge is 2.09. The molecule has 0 fully saturated rings. The van der Waals surface area contributed by atoms with Gasteiger partial charge in [0.05, 0.1) is 0 Å². The monoisotopic (exact) mass is 274 g/mol. The number of benzene rings is 1. The van der Waals surface area contributed by atoms with E-state index < -0.39 is 0 Å². The van der Waals surface area contributed by atoms with Gasteiger partial charge in [-0.05, 0) is 37.4 Å². The molecule has 0 saturated heterocycles. The van der Waals surface area contributed by atoms with Gasteiger partial charge < -0.3 is 10.5 Å². The molecule has 0 radical (unpaired) electrons. The van der Waals surface area contributed by atoms with E-state index in [0.717, 1.165) is 42.1 Å². The largest absolute Gasteiger partial charge is 0.485 e. The maximum atomic E-state index is 5.97. The average molecular weight is 274 g/mol. The van der Waals surface area contributed by atoms with Crippen LogP contribution in [0.3, 0.4) is 0 Å². The van der Waals surface area contributed by atoms with Gasteiger partial charge in [0, 0.05) is 6.54 Å². The number of para-hydroxylation sites is 1. The summed E-state index contributed by atoms with van der Waals surface area (Å²) in [5.74, 6) is 1.78. The molecular weight excluding hydrogens is 252 g/mol. The summed E-state index contributed by atoms with van der Waals surface area (Å²) in [6.07, 6.45) is 3.42. The van der Waals surface area contributed by atoms with E-state index in [1.54, 1.807) is 6.33 Å². The number of hydrogen-bond acceptors (Lipinski definition) is 4. The van der Waals surface area contributed by atoms with Gasteiger partial charge in [0.25, 0.3) is 0 Å². The van der Waals surface area contributed by atoms with Gasteiger partial charge in [0.1, 0.15) is 18.7 Å². The van der Waals surface area contributed by atoms with Gasteiger partial charge in [0.2, 0.25) is 0 Å². The van der Waals surface area contributed by atoms with Gasteiger partial charge in [-0.2, -0.15) is 5.10 Å². The number of nitrogens with two attached hydrogens (primary N) is 1. The maximum absolute atomic E-state index is 5.97.